The van der Waals surface area contributed by atoms with E-state index >= 15 is 0 Å². The van der Waals surface area contributed by atoms with Crippen molar-refractivity contribution in [2.24, 2.45) is 5.92 Å². The van der Waals surface area contributed by atoms with Crippen molar-refractivity contribution in [3.05, 3.63) is 108 Å². The number of amides is 3. The minimum absolute atomic E-state index is 0.0508. The topological polar surface area (TPSA) is 134 Å². The molecule has 0 aromatic heterocycles. The normalized spacial score (nSPS) is 19.2. The zero-order valence-corrected chi connectivity index (χ0v) is 28.1. The molecule has 2 atom stereocenters. The lowest BCUT2D eigenvalue weighted by Crippen LogP contribution is -2.51. The number of fused-ring (bicyclic) bond motifs is 3. The lowest BCUT2D eigenvalue weighted by Gasteiger charge is -2.29. The Morgan fingerprint density at radius 2 is 1.61 bits per heavy atom. The summed E-state index contributed by atoms with van der Waals surface area (Å²) in [6.07, 6.45) is 3.86. The SMILES string of the molecule is CC1(C)COC(=O)C(NC(=O)OCC2c3ccccc3-c3ccccc32)CCC=CCC(CC(=O)N(CCO)Cc2ccccc2)C(=O)N1. The van der Waals surface area contributed by atoms with Gasteiger partial charge in [0.2, 0.25) is 11.8 Å². The van der Waals surface area contributed by atoms with E-state index in [-0.39, 0.29) is 56.9 Å². The van der Waals surface area contributed by atoms with Crippen LogP contribution < -0.4 is 10.6 Å². The molecule has 1 aliphatic carbocycles. The van der Waals surface area contributed by atoms with Gasteiger partial charge < -0.3 is 30.1 Å². The second kappa shape index (κ2) is 16.4. The number of cyclic esters (lactones) is 1. The van der Waals surface area contributed by atoms with Crippen LogP contribution in [0.3, 0.4) is 0 Å². The summed E-state index contributed by atoms with van der Waals surface area (Å²) in [7, 11) is 0. The first kappa shape index (κ1) is 35.3. The molecule has 3 amide bonds. The standard InChI is InChI=1S/C39H45N3O7/c1-39(2)26-49-37(46)34(40-38(47)48-25-33-31-18-11-9-16-29(31)30-17-10-12-19-32(30)33)20-8-4-7-15-28(36(45)41-39)23-35(44)42(21-22-43)24-27-13-5-3-6-14-27/h3-7,9-14,16-19,28,33-34,43H,8,15,20-26H2,1-2H3,(H,40,47)(H,41,45). The van der Waals surface area contributed by atoms with Gasteiger partial charge in [0.1, 0.15) is 19.3 Å². The summed E-state index contributed by atoms with van der Waals surface area (Å²) in [6, 6.07) is 24.6. The van der Waals surface area contributed by atoms with Gasteiger partial charge in [-0.25, -0.2) is 9.59 Å². The average molecular weight is 668 g/mol. The molecule has 5 rings (SSSR count). The van der Waals surface area contributed by atoms with Gasteiger partial charge in [-0.15, -0.1) is 0 Å². The number of allylic oxidation sites excluding steroid dienone is 2. The fraction of sp³-hybridized carbons (Fsp3) is 0.385. The number of benzene rings is 3. The molecular formula is C39H45N3O7. The van der Waals surface area contributed by atoms with Gasteiger partial charge in [-0.3, -0.25) is 9.59 Å². The Balaban J connectivity index is 1.21. The molecule has 0 spiro atoms. The molecule has 10 nitrogen and oxygen atoms in total. The zero-order chi connectivity index (χ0) is 34.8. The molecule has 1 heterocycles. The Labute approximate surface area is 287 Å². The van der Waals surface area contributed by atoms with Crippen LogP contribution in [-0.2, 0) is 30.4 Å². The van der Waals surface area contributed by atoms with Crippen LogP contribution in [0, 0.1) is 5.92 Å². The molecule has 3 aromatic rings. The number of carbonyl (C=O) groups excluding carboxylic acids is 4. The fourth-order valence-electron chi connectivity index (χ4n) is 6.34. The van der Waals surface area contributed by atoms with Gasteiger partial charge in [0.15, 0.2) is 0 Å². The molecule has 0 saturated heterocycles. The van der Waals surface area contributed by atoms with Crippen molar-refractivity contribution < 1.29 is 33.8 Å². The van der Waals surface area contributed by atoms with Gasteiger partial charge in [0.05, 0.1) is 18.1 Å². The number of hydrogen-bond donors (Lipinski definition) is 3. The van der Waals surface area contributed by atoms with Crippen LogP contribution in [0.25, 0.3) is 11.1 Å². The highest BCUT2D eigenvalue weighted by atomic mass is 16.6. The summed E-state index contributed by atoms with van der Waals surface area (Å²) >= 11 is 0. The smallest absolute Gasteiger partial charge is 0.407 e. The number of alkyl carbamates (subject to hydrolysis) is 1. The second-order valence-corrected chi connectivity index (χ2v) is 13.2. The molecule has 49 heavy (non-hydrogen) atoms. The summed E-state index contributed by atoms with van der Waals surface area (Å²) in [5.74, 6) is -2.00. The van der Waals surface area contributed by atoms with Crippen molar-refractivity contribution in [1.29, 1.82) is 0 Å². The second-order valence-electron chi connectivity index (χ2n) is 13.2. The number of carbonyl (C=O) groups is 4. The van der Waals surface area contributed by atoms with Crippen LogP contribution in [0.15, 0.2) is 91.0 Å². The highest BCUT2D eigenvalue weighted by Gasteiger charge is 2.33. The van der Waals surface area contributed by atoms with E-state index in [4.69, 9.17) is 9.47 Å². The Hall–Kier alpha value is -4.96. The molecule has 0 saturated carbocycles. The Kier molecular flexibility index (Phi) is 11.9. The molecule has 0 bridgehead atoms. The maximum atomic E-state index is 13.5. The van der Waals surface area contributed by atoms with Gasteiger partial charge in [-0.1, -0.05) is 91.0 Å². The molecule has 0 radical (unpaired) electrons. The van der Waals surface area contributed by atoms with Crippen LogP contribution in [-0.4, -0.2) is 71.8 Å². The Morgan fingerprint density at radius 3 is 2.29 bits per heavy atom. The largest absolute Gasteiger partial charge is 0.462 e. The van der Waals surface area contributed by atoms with Gasteiger partial charge in [-0.05, 0) is 60.9 Å². The number of aliphatic hydroxyl groups is 1. The average Bonchev–Trinajstić information content (AvgIpc) is 3.41. The molecule has 0 fully saturated rings. The maximum Gasteiger partial charge on any atom is 0.407 e. The van der Waals surface area contributed by atoms with E-state index in [0.717, 1.165) is 27.8 Å². The molecule has 3 aromatic carbocycles. The van der Waals surface area contributed by atoms with Gasteiger partial charge in [0, 0.05) is 25.4 Å². The quantitative estimate of drug-likeness (QED) is 0.214. The van der Waals surface area contributed by atoms with E-state index in [1.54, 1.807) is 18.7 Å². The summed E-state index contributed by atoms with van der Waals surface area (Å²) in [5, 5.41) is 15.2. The lowest BCUT2D eigenvalue weighted by atomic mass is 9.96. The Morgan fingerprint density at radius 1 is 0.959 bits per heavy atom. The van der Waals surface area contributed by atoms with E-state index < -0.39 is 29.6 Å². The third kappa shape index (κ3) is 9.35. The summed E-state index contributed by atoms with van der Waals surface area (Å²) in [6.45, 7) is 3.71. The molecule has 2 unspecified atom stereocenters. The van der Waals surface area contributed by atoms with Crippen LogP contribution in [0.1, 0.15) is 62.1 Å². The molecule has 2 aliphatic rings. The maximum absolute atomic E-state index is 13.5. The van der Waals surface area contributed by atoms with Crippen LogP contribution in [0.5, 0.6) is 0 Å². The third-order valence-electron chi connectivity index (χ3n) is 8.90. The highest BCUT2D eigenvalue weighted by Crippen LogP contribution is 2.44. The number of rotatable bonds is 9. The van der Waals surface area contributed by atoms with Crippen molar-refractivity contribution >= 4 is 23.9 Å². The lowest BCUT2D eigenvalue weighted by molar-refractivity contribution is -0.149. The van der Waals surface area contributed by atoms with E-state index in [1.807, 2.05) is 78.9 Å². The first-order valence-corrected chi connectivity index (χ1v) is 16.8. The summed E-state index contributed by atoms with van der Waals surface area (Å²) in [5.41, 5.74) is 4.39. The minimum Gasteiger partial charge on any atom is -0.462 e. The van der Waals surface area contributed by atoms with Crippen molar-refractivity contribution in [1.82, 2.24) is 15.5 Å². The minimum atomic E-state index is -0.963. The van der Waals surface area contributed by atoms with Crippen LogP contribution in [0.4, 0.5) is 4.79 Å². The van der Waals surface area contributed by atoms with Crippen molar-refractivity contribution in [3.63, 3.8) is 0 Å². The number of esters is 1. The van der Waals surface area contributed by atoms with Crippen molar-refractivity contribution in [3.8, 4) is 11.1 Å². The zero-order valence-electron chi connectivity index (χ0n) is 28.1. The predicted molar refractivity (Wildman–Crippen MR) is 185 cm³/mol. The van der Waals surface area contributed by atoms with E-state index in [2.05, 4.69) is 22.8 Å². The number of hydrogen-bond acceptors (Lipinski definition) is 7. The Bertz CT molecular complexity index is 1610. The first-order chi connectivity index (χ1) is 23.6. The van der Waals surface area contributed by atoms with Gasteiger partial charge >= 0.3 is 12.1 Å². The van der Waals surface area contributed by atoms with Crippen molar-refractivity contribution in [2.45, 2.75) is 63.6 Å². The van der Waals surface area contributed by atoms with Crippen LogP contribution in [0.2, 0.25) is 0 Å². The van der Waals surface area contributed by atoms with E-state index in [0.29, 0.717) is 19.4 Å². The highest BCUT2D eigenvalue weighted by molar-refractivity contribution is 5.86. The molecule has 10 heteroatoms. The molecule has 258 valence electrons. The fourth-order valence-corrected chi connectivity index (χ4v) is 6.34. The summed E-state index contributed by atoms with van der Waals surface area (Å²) < 4.78 is 11.3. The molecule has 1 aliphatic heterocycles. The monoisotopic (exact) mass is 667 g/mol. The third-order valence-corrected chi connectivity index (χ3v) is 8.90. The van der Waals surface area contributed by atoms with Crippen molar-refractivity contribution in [2.75, 3.05) is 26.4 Å². The van der Waals surface area contributed by atoms with E-state index in [9.17, 15) is 24.3 Å². The predicted octanol–water partition coefficient (Wildman–Crippen LogP) is 5.10. The van der Waals surface area contributed by atoms with E-state index in [1.165, 1.54) is 0 Å². The number of aliphatic hydroxyl groups excluding tert-OH is 1. The number of nitrogens with zero attached hydrogens (tertiary/aromatic N) is 1. The van der Waals surface area contributed by atoms with Gasteiger partial charge in [-0.2, -0.15) is 0 Å². The van der Waals surface area contributed by atoms with Crippen LogP contribution >= 0.6 is 0 Å². The summed E-state index contributed by atoms with van der Waals surface area (Å²) in [4.78, 5) is 54.6. The number of nitrogens with one attached hydrogen (secondary N) is 2. The molecule has 3 N–H and O–H groups in total. The number of ether oxygens (including phenoxy) is 2. The first-order valence-electron chi connectivity index (χ1n) is 16.8. The molecular weight excluding hydrogens is 622 g/mol. The van der Waals surface area contributed by atoms with Gasteiger partial charge in [0.25, 0.3) is 0 Å².